The number of amides is 1. The smallest absolute Gasteiger partial charge is 0.409 e. The molecule has 0 atom stereocenters. The van der Waals surface area contributed by atoms with Crippen LogP contribution < -0.4 is 10.5 Å². The average Bonchev–Trinajstić information content (AvgIpc) is 2.61. The number of carbonyl (C=O) groups is 1. The molecule has 0 saturated heterocycles. The van der Waals surface area contributed by atoms with Gasteiger partial charge >= 0.3 is 6.09 Å². The molecule has 84 valence electrons. The maximum atomic E-state index is 10.6. The van der Waals surface area contributed by atoms with Crippen LogP contribution in [-0.2, 0) is 6.54 Å². The molecule has 2 aromatic rings. The van der Waals surface area contributed by atoms with Crippen LogP contribution in [0.2, 0.25) is 0 Å². The van der Waals surface area contributed by atoms with Gasteiger partial charge in [-0.1, -0.05) is 0 Å². The highest BCUT2D eigenvalue weighted by Crippen LogP contribution is 2.21. The van der Waals surface area contributed by atoms with E-state index in [2.05, 4.69) is 0 Å². The number of ether oxygens (including phenoxy) is 1. The Bertz CT molecular complexity index is 519. The zero-order chi connectivity index (χ0) is 11.5. The van der Waals surface area contributed by atoms with Crippen molar-refractivity contribution < 1.29 is 14.6 Å². The fourth-order valence-electron chi connectivity index (χ4n) is 1.65. The van der Waals surface area contributed by atoms with Gasteiger partial charge in [0.15, 0.2) is 0 Å². The monoisotopic (exact) mass is 220 g/mol. The number of primary amides is 1. The summed E-state index contributed by atoms with van der Waals surface area (Å²) in [5.74, 6) is 0.401. The Morgan fingerprint density at radius 2 is 2.25 bits per heavy atom. The lowest BCUT2D eigenvalue weighted by molar-refractivity contribution is 0.211. The normalized spacial score (nSPS) is 10.6. The Hall–Kier alpha value is -2.01. The van der Waals surface area contributed by atoms with E-state index in [-0.39, 0.29) is 6.61 Å². The van der Waals surface area contributed by atoms with E-state index in [9.17, 15) is 4.79 Å². The van der Waals surface area contributed by atoms with Gasteiger partial charge in [-0.15, -0.1) is 0 Å². The van der Waals surface area contributed by atoms with Gasteiger partial charge in [0.1, 0.15) is 5.75 Å². The van der Waals surface area contributed by atoms with E-state index in [1.807, 2.05) is 22.9 Å². The van der Waals surface area contributed by atoms with Crippen molar-refractivity contribution in [3.8, 4) is 5.75 Å². The summed E-state index contributed by atoms with van der Waals surface area (Å²) in [7, 11) is 0. The van der Waals surface area contributed by atoms with Gasteiger partial charge in [-0.2, -0.15) is 0 Å². The minimum absolute atomic E-state index is 0.0602. The van der Waals surface area contributed by atoms with Crippen LogP contribution >= 0.6 is 0 Å². The highest BCUT2D eigenvalue weighted by molar-refractivity contribution is 5.82. The van der Waals surface area contributed by atoms with Gasteiger partial charge in [-0.3, -0.25) is 0 Å². The van der Waals surface area contributed by atoms with Crippen molar-refractivity contribution in [1.29, 1.82) is 0 Å². The van der Waals surface area contributed by atoms with Crippen molar-refractivity contribution in [1.82, 2.24) is 4.57 Å². The van der Waals surface area contributed by atoms with Gasteiger partial charge in [0.05, 0.1) is 12.1 Å². The number of hydrogen-bond donors (Lipinski definition) is 2. The summed E-state index contributed by atoms with van der Waals surface area (Å²) in [6, 6.07) is 7.16. The van der Waals surface area contributed by atoms with Crippen molar-refractivity contribution >= 4 is 17.0 Å². The Morgan fingerprint density at radius 1 is 1.44 bits per heavy atom. The Balaban J connectivity index is 2.41. The molecule has 5 heteroatoms. The molecule has 0 fully saturated rings. The summed E-state index contributed by atoms with van der Waals surface area (Å²) in [6.07, 6.45) is 1.04. The predicted molar refractivity (Wildman–Crippen MR) is 59.2 cm³/mol. The number of aromatic nitrogens is 1. The van der Waals surface area contributed by atoms with Crippen LogP contribution in [0.4, 0.5) is 4.79 Å². The van der Waals surface area contributed by atoms with Gasteiger partial charge in [0.2, 0.25) is 0 Å². The first kappa shape index (κ1) is 10.5. The Kier molecular flexibility index (Phi) is 2.78. The molecule has 1 aromatic heterocycles. The van der Waals surface area contributed by atoms with Crippen LogP contribution in [0.15, 0.2) is 30.5 Å². The fourth-order valence-corrected chi connectivity index (χ4v) is 1.65. The second kappa shape index (κ2) is 4.24. The molecule has 0 radical (unpaired) electrons. The molecular formula is C11H12N2O3. The summed E-state index contributed by atoms with van der Waals surface area (Å²) >= 11 is 0. The SMILES string of the molecule is NC(=O)Oc1ccc2ccn(CCO)c2c1. The van der Waals surface area contributed by atoms with E-state index < -0.39 is 6.09 Å². The molecule has 0 bridgehead atoms. The first-order valence-electron chi connectivity index (χ1n) is 4.88. The van der Waals surface area contributed by atoms with Gasteiger partial charge in [-0.05, 0) is 23.6 Å². The molecule has 0 aliphatic rings. The second-order valence-corrected chi connectivity index (χ2v) is 3.37. The maximum absolute atomic E-state index is 10.6. The molecule has 1 heterocycles. The summed E-state index contributed by atoms with van der Waals surface area (Å²) in [5, 5.41) is 9.90. The van der Waals surface area contributed by atoms with E-state index in [1.165, 1.54) is 0 Å². The van der Waals surface area contributed by atoms with E-state index in [0.717, 1.165) is 10.9 Å². The van der Waals surface area contributed by atoms with Crippen LogP contribution in [-0.4, -0.2) is 22.4 Å². The number of aliphatic hydroxyl groups is 1. The predicted octanol–water partition coefficient (Wildman–Crippen LogP) is 1.09. The first-order valence-corrected chi connectivity index (χ1v) is 4.88. The third-order valence-electron chi connectivity index (χ3n) is 2.30. The molecule has 5 nitrogen and oxygen atoms in total. The van der Waals surface area contributed by atoms with Gasteiger partial charge < -0.3 is 20.1 Å². The molecule has 0 unspecified atom stereocenters. The van der Waals surface area contributed by atoms with Crippen molar-refractivity contribution in [3.05, 3.63) is 30.5 Å². The summed E-state index contributed by atoms with van der Waals surface area (Å²) in [5.41, 5.74) is 5.83. The number of aliphatic hydroxyl groups excluding tert-OH is 1. The number of benzene rings is 1. The lowest BCUT2D eigenvalue weighted by Gasteiger charge is -2.04. The summed E-state index contributed by atoms with van der Waals surface area (Å²) in [6.45, 7) is 0.564. The topological polar surface area (TPSA) is 77.5 Å². The Labute approximate surface area is 92.0 Å². The molecule has 2 rings (SSSR count). The number of rotatable bonds is 3. The lowest BCUT2D eigenvalue weighted by Crippen LogP contribution is -2.16. The Morgan fingerprint density at radius 3 is 2.94 bits per heavy atom. The molecule has 0 saturated carbocycles. The number of nitrogens with zero attached hydrogens (tertiary/aromatic N) is 1. The number of fused-ring (bicyclic) bond motifs is 1. The molecule has 0 aliphatic carbocycles. The zero-order valence-corrected chi connectivity index (χ0v) is 8.59. The summed E-state index contributed by atoms with van der Waals surface area (Å²) in [4.78, 5) is 10.6. The quantitative estimate of drug-likeness (QED) is 0.812. The average molecular weight is 220 g/mol. The molecule has 1 amide bonds. The zero-order valence-electron chi connectivity index (χ0n) is 8.59. The highest BCUT2D eigenvalue weighted by atomic mass is 16.5. The third-order valence-corrected chi connectivity index (χ3v) is 2.30. The maximum Gasteiger partial charge on any atom is 0.409 e. The molecule has 0 aliphatic heterocycles. The van der Waals surface area contributed by atoms with Crippen molar-refractivity contribution in [2.75, 3.05) is 6.61 Å². The van der Waals surface area contributed by atoms with E-state index >= 15 is 0 Å². The number of hydrogen-bond acceptors (Lipinski definition) is 3. The molecule has 0 spiro atoms. The molecule has 16 heavy (non-hydrogen) atoms. The first-order chi connectivity index (χ1) is 7.70. The van der Waals surface area contributed by atoms with Crippen LogP contribution in [0.1, 0.15) is 0 Å². The van der Waals surface area contributed by atoms with Crippen LogP contribution in [0.3, 0.4) is 0 Å². The highest BCUT2D eigenvalue weighted by Gasteiger charge is 2.04. The lowest BCUT2D eigenvalue weighted by atomic mass is 10.2. The van der Waals surface area contributed by atoms with Crippen molar-refractivity contribution in [2.24, 2.45) is 5.73 Å². The van der Waals surface area contributed by atoms with Crippen LogP contribution in [0.5, 0.6) is 5.75 Å². The van der Waals surface area contributed by atoms with Gasteiger partial charge in [0.25, 0.3) is 0 Å². The van der Waals surface area contributed by atoms with Gasteiger partial charge in [-0.25, -0.2) is 4.79 Å². The largest absolute Gasteiger partial charge is 0.410 e. The van der Waals surface area contributed by atoms with Crippen LogP contribution in [0.25, 0.3) is 10.9 Å². The standard InChI is InChI=1S/C11H12N2O3/c12-11(15)16-9-2-1-8-3-4-13(5-6-14)10(8)7-9/h1-4,7,14H,5-6H2,(H2,12,15). The minimum atomic E-state index is -0.834. The number of carbonyl (C=O) groups excluding carboxylic acids is 1. The fraction of sp³-hybridized carbons (Fsp3) is 0.182. The van der Waals surface area contributed by atoms with Gasteiger partial charge in [0, 0.05) is 18.8 Å². The molecular weight excluding hydrogens is 208 g/mol. The number of nitrogens with two attached hydrogens (primary N) is 1. The van der Waals surface area contributed by atoms with Crippen molar-refractivity contribution in [2.45, 2.75) is 6.54 Å². The van der Waals surface area contributed by atoms with E-state index in [1.54, 1.807) is 12.1 Å². The van der Waals surface area contributed by atoms with E-state index in [0.29, 0.717) is 12.3 Å². The minimum Gasteiger partial charge on any atom is -0.410 e. The third kappa shape index (κ3) is 1.99. The summed E-state index contributed by atoms with van der Waals surface area (Å²) < 4.78 is 6.67. The van der Waals surface area contributed by atoms with E-state index in [4.69, 9.17) is 15.6 Å². The van der Waals surface area contributed by atoms with Crippen LogP contribution in [0, 0.1) is 0 Å². The second-order valence-electron chi connectivity index (χ2n) is 3.37. The molecule has 1 aromatic carbocycles. The van der Waals surface area contributed by atoms with Crippen molar-refractivity contribution in [3.63, 3.8) is 0 Å². The molecule has 3 N–H and O–H groups in total.